The molecule has 0 amide bonds. The van der Waals surface area contributed by atoms with Crippen LogP contribution in [-0.2, 0) is 31.6 Å². The molecule has 12 heteroatoms. The highest BCUT2D eigenvalue weighted by atomic mass is 19.4. The molecular formula is C23H26F3N5O4. The number of aromatic nitrogens is 4. The minimum absolute atomic E-state index is 0.0781. The minimum Gasteiger partial charge on any atom is -0.480 e. The van der Waals surface area contributed by atoms with Gasteiger partial charge in [-0.3, -0.25) is 13.9 Å². The monoisotopic (exact) mass is 493 g/mol. The predicted octanol–water partition coefficient (Wildman–Crippen LogP) is 2.95. The Bertz CT molecular complexity index is 1370. The molecule has 0 radical (unpaired) electrons. The van der Waals surface area contributed by atoms with Crippen molar-refractivity contribution in [2.45, 2.75) is 50.9 Å². The van der Waals surface area contributed by atoms with Crippen LogP contribution >= 0.6 is 0 Å². The van der Waals surface area contributed by atoms with E-state index >= 15 is 0 Å². The van der Waals surface area contributed by atoms with Crippen LogP contribution in [0.2, 0.25) is 0 Å². The van der Waals surface area contributed by atoms with Crippen LogP contribution < -0.4 is 16.6 Å². The third kappa shape index (κ3) is 4.69. The quantitative estimate of drug-likeness (QED) is 0.546. The SMILES string of the molecule is Cn1c(NC(C(=O)O)C2CCCCC2)nc2c1c(=O)n(Cc1ccc(C(F)(F)F)cc1)c(=O)n2C. The Kier molecular flexibility index (Phi) is 6.48. The summed E-state index contributed by atoms with van der Waals surface area (Å²) in [6.45, 7) is -0.229. The molecule has 1 atom stereocenters. The van der Waals surface area contributed by atoms with E-state index in [4.69, 9.17) is 0 Å². The average molecular weight is 493 g/mol. The molecule has 2 heterocycles. The molecule has 0 spiro atoms. The van der Waals surface area contributed by atoms with Crippen molar-refractivity contribution in [3.05, 3.63) is 56.2 Å². The molecular weight excluding hydrogens is 467 g/mol. The number of aryl methyl sites for hydroxylation is 2. The van der Waals surface area contributed by atoms with E-state index in [1.54, 1.807) is 7.05 Å². The Morgan fingerprint density at radius 1 is 1.11 bits per heavy atom. The van der Waals surface area contributed by atoms with Gasteiger partial charge in [-0.1, -0.05) is 31.4 Å². The van der Waals surface area contributed by atoms with E-state index in [0.717, 1.165) is 48.8 Å². The standard InChI is InChI=1S/C23H26F3N5O4/c1-29-17-18(28-21(29)27-16(20(33)34)14-6-4-3-5-7-14)30(2)22(35)31(19(17)32)12-13-8-10-15(11-9-13)23(24,25)26/h8-11,14,16H,3-7,12H2,1-2H3,(H,27,28)(H,33,34). The summed E-state index contributed by atoms with van der Waals surface area (Å²) in [7, 11) is 2.98. The van der Waals surface area contributed by atoms with Crippen molar-refractivity contribution in [3.8, 4) is 0 Å². The molecule has 1 aliphatic carbocycles. The van der Waals surface area contributed by atoms with Crippen molar-refractivity contribution in [1.82, 2.24) is 18.7 Å². The molecule has 0 saturated heterocycles. The Morgan fingerprint density at radius 3 is 2.31 bits per heavy atom. The zero-order valence-electron chi connectivity index (χ0n) is 19.3. The van der Waals surface area contributed by atoms with Gasteiger partial charge in [-0.25, -0.2) is 9.59 Å². The van der Waals surface area contributed by atoms with E-state index in [9.17, 15) is 32.7 Å². The smallest absolute Gasteiger partial charge is 0.416 e. The molecule has 9 nitrogen and oxygen atoms in total. The topological polar surface area (TPSA) is 111 Å². The summed E-state index contributed by atoms with van der Waals surface area (Å²) in [5, 5.41) is 12.7. The van der Waals surface area contributed by atoms with Gasteiger partial charge in [0.2, 0.25) is 5.95 Å². The zero-order valence-corrected chi connectivity index (χ0v) is 19.3. The number of nitrogens with zero attached hydrogens (tertiary/aromatic N) is 4. The van der Waals surface area contributed by atoms with Crippen LogP contribution in [-0.4, -0.2) is 35.8 Å². The van der Waals surface area contributed by atoms with Gasteiger partial charge in [0.15, 0.2) is 11.2 Å². The maximum atomic E-state index is 13.3. The number of carbonyl (C=O) groups is 1. The van der Waals surface area contributed by atoms with E-state index < -0.39 is 35.0 Å². The first-order chi connectivity index (χ1) is 16.5. The molecule has 3 aromatic rings. The fourth-order valence-corrected chi connectivity index (χ4v) is 4.68. The van der Waals surface area contributed by atoms with Crippen molar-refractivity contribution in [2.24, 2.45) is 20.0 Å². The number of hydrogen-bond acceptors (Lipinski definition) is 5. The number of benzene rings is 1. The molecule has 4 rings (SSSR count). The second kappa shape index (κ2) is 9.23. The van der Waals surface area contributed by atoms with Gasteiger partial charge in [0.05, 0.1) is 12.1 Å². The first-order valence-electron chi connectivity index (χ1n) is 11.3. The highest BCUT2D eigenvalue weighted by molar-refractivity contribution is 5.79. The van der Waals surface area contributed by atoms with Crippen molar-refractivity contribution in [2.75, 3.05) is 5.32 Å². The summed E-state index contributed by atoms with van der Waals surface area (Å²) in [4.78, 5) is 42.5. The van der Waals surface area contributed by atoms with Crippen LogP contribution in [0, 0.1) is 5.92 Å². The molecule has 2 N–H and O–H groups in total. The number of aliphatic carboxylic acids is 1. The van der Waals surface area contributed by atoms with E-state index in [1.165, 1.54) is 28.3 Å². The van der Waals surface area contributed by atoms with Crippen molar-refractivity contribution in [1.29, 1.82) is 0 Å². The molecule has 1 unspecified atom stereocenters. The van der Waals surface area contributed by atoms with Crippen LogP contribution in [0.3, 0.4) is 0 Å². The van der Waals surface area contributed by atoms with Gasteiger partial charge in [-0.05, 0) is 36.5 Å². The second-order valence-electron chi connectivity index (χ2n) is 8.95. The molecule has 1 fully saturated rings. The van der Waals surface area contributed by atoms with E-state index in [-0.39, 0.29) is 29.6 Å². The number of rotatable bonds is 6. The minimum atomic E-state index is -4.49. The van der Waals surface area contributed by atoms with Crippen LogP contribution in [0.15, 0.2) is 33.9 Å². The summed E-state index contributed by atoms with van der Waals surface area (Å²) in [6.07, 6.45) is 0.00594. The summed E-state index contributed by atoms with van der Waals surface area (Å²) in [5.41, 5.74) is -1.67. The fraction of sp³-hybridized carbons (Fsp3) is 0.478. The highest BCUT2D eigenvalue weighted by Crippen LogP contribution is 2.30. The number of halogens is 3. The molecule has 188 valence electrons. The Labute approximate surface area is 197 Å². The van der Waals surface area contributed by atoms with Gasteiger partial charge in [0.25, 0.3) is 5.56 Å². The van der Waals surface area contributed by atoms with E-state index in [0.29, 0.717) is 5.56 Å². The van der Waals surface area contributed by atoms with Gasteiger partial charge in [0, 0.05) is 14.1 Å². The van der Waals surface area contributed by atoms with Crippen molar-refractivity contribution in [3.63, 3.8) is 0 Å². The molecule has 1 aromatic carbocycles. The molecule has 1 aliphatic rings. The number of anilines is 1. The largest absolute Gasteiger partial charge is 0.480 e. The Balaban J connectivity index is 1.72. The summed E-state index contributed by atoms with van der Waals surface area (Å²) < 4.78 is 42.0. The normalized spacial score (nSPS) is 15.9. The molecule has 2 aromatic heterocycles. The number of carboxylic acids is 1. The van der Waals surface area contributed by atoms with Gasteiger partial charge >= 0.3 is 17.8 Å². The highest BCUT2D eigenvalue weighted by Gasteiger charge is 2.32. The Morgan fingerprint density at radius 2 is 1.74 bits per heavy atom. The number of hydrogen-bond donors (Lipinski definition) is 2. The molecule has 0 bridgehead atoms. The lowest BCUT2D eigenvalue weighted by molar-refractivity contribution is -0.139. The first-order valence-corrected chi connectivity index (χ1v) is 11.3. The van der Waals surface area contributed by atoms with Gasteiger partial charge in [-0.2, -0.15) is 18.2 Å². The summed E-state index contributed by atoms with van der Waals surface area (Å²) >= 11 is 0. The fourth-order valence-electron chi connectivity index (χ4n) is 4.68. The van der Waals surface area contributed by atoms with Crippen molar-refractivity contribution < 1.29 is 23.1 Å². The summed E-state index contributed by atoms with van der Waals surface area (Å²) in [5.74, 6) is -0.948. The van der Waals surface area contributed by atoms with Crippen LogP contribution in [0.5, 0.6) is 0 Å². The Hall–Kier alpha value is -3.57. The number of fused-ring (bicyclic) bond motifs is 1. The molecule has 35 heavy (non-hydrogen) atoms. The van der Waals surface area contributed by atoms with Gasteiger partial charge in [-0.15, -0.1) is 0 Å². The number of carboxylic acid groups (broad SMARTS) is 1. The van der Waals surface area contributed by atoms with Crippen LogP contribution in [0.4, 0.5) is 19.1 Å². The van der Waals surface area contributed by atoms with Crippen molar-refractivity contribution >= 4 is 23.1 Å². The maximum Gasteiger partial charge on any atom is 0.416 e. The average Bonchev–Trinajstić information content (AvgIpc) is 3.15. The van der Waals surface area contributed by atoms with Gasteiger partial charge in [0.1, 0.15) is 6.04 Å². The first kappa shape index (κ1) is 24.6. The lowest BCUT2D eigenvalue weighted by Gasteiger charge is -2.28. The molecule has 1 saturated carbocycles. The lowest BCUT2D eigenvalue weighted by atomic mass is 9.84. The third-order valence-corrected chi connectivity index (χ3v) is 6.65. The number of nitrogens with one attached hydrogen (secondary N) is 1. The van der Waals surface area contributed by atoms with Crippen LogP contribution in [0.25, 0.3) is 11.2 Å². The van der Waals surface area contributed by atoms with E-state index in [2.05, 4.69) is 10.3 Å². The van der Waals surface area contributed by atoms with E-state index in [1.807, 2.05) is 0 Å². The number of imidazole rings is 1. The lowest BCUT2D eigenvalue weighted by Crippen LogP contribution is -2.40. The number of alkyl halides is 3. The predicted molar refractivity (Wildman–Crippen MR) is 122 cm³/mol. The molecule has 0 aliphatic heterocycles. The zero-order chi connectivity index (χ0) is 25.5. The van der Waals surface area contributed by atoms with Crippen LogP contribution in [0.1, 0.15) is 43.2 Å². The summed E-state index contributed by atoms with van der Waals surface area (Å²) in [6, 6.07) is 3.34. The second-order valence-corrected chi connectivity index (χ2v) is 8.95. The maximum absolute atomic E-state index is 13.3. The van der Waals surface area contributed by atoms with Gasteiger partial charge < -0.3 is 15.0 Å². The third-order valence-electron chi connectivity index (χ3n) is 6.65.